The van der Waals surface area contributed by atoms with Crippen LogP contribution < -0.4 is 5.11 Å². The average molecular weight is 165 g/mol. The van der Waals surface area contributed by atoms with Crippen molar-refractivity contribution in [1.82, 2.24) is 0 Å². The molecule has 2 atom stereocenters. The van der Waals surface area contributed by atoms with E-state index in [1.54, 1.807) is 0 Å². The lowest BCUT2D eigenvalue weighted by atomic mass is 9.49. The first-order valence-electron chi connectivity index (χ1n) is 4.45. The molecular formula is C10H13O2-. The highest BCUT2D eigenvalue weighted by Crippen LogP contribution is 2.58. The van der Waals surface area contributed by atoms with Crippen LogP contribution in [0.3, 0.4) is 0 Å². The molecule has 0 radical (unpaired) electrons. The van der Waals surface area contributed by atoms with Gasteiger partial charge in [-0.2, -0.15) is 0 Å². The minimum atomic E-state index is -0.966. The molecule has 1 fully saturated rings. The highest BCUT2D eigenvalue weighted by molar-refractivity contribution is 5.86. The van der Waals surface area contributed by atoms with Gasteiger partial charge in [-0.3, -0.25) is 0 Å². The number of aliphatic carboxylic acids is 1. The summed E-state index contributed by atoms with van der Waals surface area (Å²) in [6.45, 7) is 4.31. The summed E-state index contributed by atoms with van der Waals surface area (Å²) in [5, 5.41) is 10.7. The van der Waals surface area contributed by atoms with E-state index < -0.39 is 5.97 Å². The third-order valence-electron chi connectivity index (χ3n) is 3.70. The van der Waals surface area contributed by atoms with Crippen molar-refractivity contribution in [3.63, 3.8) is 0 Å². The molecule has 2 nitrogen and oxygen atoms in total. The summed E-state index contributed by atoms with van der Waals surface area (Å²) < 4.78 is 0. The third-order valence-corrected chi connectivity index (χ3v) is 3.70. The molecule has 0 heterocycles. The number of hydrogen-bond donors (Lipinski definition) is 0. The van der Waals surface area contributed by atoms with E-state index in [-0.39, 0.29) is 11.3 Å². The number of carbonyl (C=O) groups is 1. The van der Waals surface area contributed by atoms with E-state index in [1.807, 2.05) is 6.08 Å². The first kappa shape index (κ1) is 7.84. The summed E-state index contributed by atoms with van der Waals surface area (Å²) in [4.78, 5) is 10.7. The zero-order chi connectivity index (χ0) is 8.93. The molecule has 0 aromatic heterocycles. The monoisotopic (exact) mass is 165 g/mol. The second kappa shape index (κ2) is 2.12. The summed E-state index contributed by atoms with van der Waals surface area (Å²) in [5.41, 5.74) is 0.743. The first-order chi connectivity index (χ1) is 5.53. The van der Waals surface area contributed by atoms with Crippen molar-refractivity contribution in [2.75, 3.05) is 0 Å². The molecule has 0 N–H and O–H groups in total. The Labute approximate surface area is 72.3 Å². The topological polar surface area (TPSA) is 40.1 Å². The van der Waals surface area contributed by atoms with Crippen LogP contribution in [0.5, 0.6) is 0 Å². The number of carbonyl (C=O) groups excluding carboxylic acids is 1. The number of carboxylic acids is 1. The minimum Gasteiger partial charge on any atom is -0.545 e. The molecule has 3 aliphatic carbocycles. The Morgan fingerprint density at radius 3 is 2.67 bits per heavy atom. The van der Waals surface area contributed by atoms with Gasteiger partial charge in [0.2, 0.25) is 0 Å². The Bertz CT molecular complexity index is 263. The van der Waals surface area contributed by atoms with Gasteiger partial charge in [-0.25, -0.2) is 0 Å². The van der Waals surface area contributed by atoms with Gasteiger partial charge in [0, 0.05) is 0 Å². The lowest BCUT2D eigenvalue weighted by Gasteiger charge is -2.56. The van der Waals surface area contributed by atoms with Gasteiger partial charge in [-0.1, -0.05) is 19.9 Å². The van der Waals surface area contributed by atoms with Crippen molar-refractivity contribution in [2.45, 2.75) is 26.7 Å². The molecule has 2 heteroatoms. The van der Waals surface area contributed by atoms with Crippen molar-refractivity contribution in [1.29, 1.82) is 0 Å². The van der Waals surface area contributed by atoms with Gasteiger partial charge in [0.15, 0.2) is 0 Å². The molecule has 2 bridgehead atoms. The van der Waals surface area contributed by atoms with E-state index in [4.69, 9.17) is 0 Å². The van der Waals surface area contributed by atoms with Gasteiger partial charge >= 0.3 is 0 Å². The Morgan fingerprint density at radius 2 is 2.33 bits per heavy atom. The lowest BCUT2D eigenvalue weighted by Crippen LogP contribution is -2.51. The van der Waals surface area contributed by atoms with Crippen LogP contribution in [0.2, 0.25) is 0 Å². The molecule has 0 aromatic rings. The van der Waals surface area contributed by atoms with Crippen molar-refractivity contribution in [3.8, 4) is 0 Å². The molecule has 66 valence electrons. The highest BCUT2D eigenvalue weighted by atomic mass is 16.4. The molecule has 3 rings (SSSR count). The molecule has 1 saturated carbocycles. The zero-order valence-electron chi connectivity index (χ0n) is 7.46. The quantitative estimate of drug-likeness (QED) is 0.574. The van der Waals surface area contributed by atoms with Gasteiger partial charge in [-0.15, -0.1) is 0 Å². The predicted octanol–water partition coefficient (Wildman–Crippen LogP) is 0.729. The lowest BCUT2D eigenvalue weighted by molar-refractivity contribution is -0.301. The summed E-state index contributed by atoms with van der Waals surface area (Å²) >= 11 is 0. The summed E-state index contributed by atoms with van der Waals surface area (Å²) in [6, 6.07) is 0. The summed E-state index contributed by atoms with van der Waals surface area (Å²) in [5.74, 6) is -0.0157. The molecule has 3 aliphatic rings. The number of allylic oxidation sites excluding steroid dienone is 1. The molecule has 2 unspecified atom stereocenters. The van der Waals surface area contributed by atoms with Gasteiger partial charge in [-0.05, 0) is 35.7 Å². The van der Waals surface area contributed by atoms with Crippen LogP contribution in [-0.4, -0.2) is 5.97 Å². The van der Waals surface area contributed by atoms with Gasteiger partial charge in [0.1, 0.15) is 0 Å². The van der Waals surface area contributed by atoms with E-state index in [0.717, 1.165) is 12.8 Å². The van der Waals surface area contributed by atoms with E-state index in [2.05, 4.69) is 13.8 Å². The Hall–Kier alpha value is -0.790. The van der Waals surface area contributed by atoms with Crippen LogP contribution in [0.1, 0.15) is 26.7 Å². The number of carboxylic acid groups (broad SMARTS) is 1. The van der Waals surface area contributed by atoms with Crippen LogP contribution in [0.15, 0.2) is 11.6 Å². The fourth-order valence-corrected chi connectivity index (χ4v) is 2.58. The smallest absolute Gasteiger partial charge is 0.0674 e. The zero-order valence-corrected chi connectivity index (χ0v) is 7.46. The van der Waals surface area contributed by atoms with E-state index in [0.29, 0.717) is 11.5 Å². The fraction of sp³-hybridized carbons (Fsp3) is 0.700. The summed E-state index contributed by atoms with van der Waals surface area (Å²) in [7, 11) is 0. The van der Waals surface area contributed by atoms with Crippen molar-refractivity contribution < 1.29 is 9.90 Å². The van der Waals surface area contributed by atoms with Crippen LogP contribution in [0, 0.1) is 17.3 Å². The van der Waals surface area contributed by atoms with E-state index in [1.165, 1.54) is 0 Å². The normalized spacial score (nSPS) is 36.7. The van der Waals surface area contributed by atoms with Crippen LogP contribution in [0.25, 0.3) is 0 Å². The first-order valence-corrected chi connectivity index (χ1v) is 4.45. The minimum absolute atomic E-state index is 0.199. The van der Waals surface area contributed by atoms with Gasteiger partial charge in [0.25, 0.3) is 0 Å². The Kier molecular flexibility index (Phi) is 1.39. The van der Waals surface area contributed by atoms with Crippen molar-refractivity contribution in [2.24, 2.45) is 17.3 Å². The third kappa shape index (κ3) is 0.780. The summed E-state index contributed by atoms with van der Waals surface area (Å²) in [6.07, 6.45) is 3.82. The van der Waals surface area contributed by atoms with Crippen molar-refractivity contribution >= 4 is 5.97 Å². The molecule has 12 heavy (non-hydrogen) atoms. The molecular weight excluding hydrogens is 152 g/mol. The SMILES string of the molecule is CC1(C)C2CC=C(C(=O)[O-])C1C2. The number of fused-ring (bicyclic) bond motifs is 1. The fourth-order valence-electron chi connectivity index (χ4n) is 2.58. The molecule has 0 amide bonds. The van der Waals surface area contributed by atoms with Crippen molar-refractivity contribution in [3.05, 3.63) is 11.6 Å². The largest absolute Gasteiger partial charge is 0.545 e. The van der Waals surface area contributed by atoms with Crippen LogP contribution in [-0.2, 0) is 4.79 Å². The van der Waals surface area contributed by atoms with Gasteiger partial charge in [0.05, 0.1) is 5.97 Å². The second-order valence-electron chi connectivity index (χ2n) is 4.49. The van der Waals surface area contributed by atoms with Gasteiger partial charge < -0.3 is 9.90 Å². The standard InChI is InChI=1S/C10H14O2/c1-10(2)6-3-4-7(9(11)12)8(10)5-6/h4,6,8H,3,5H2,1-2H3,(H,11,12)/p-1. The maximum Gasteiger partial charge on any atom is 0.0674 e. The molecule has 0 aliphatic heterocycles. The maximum absolute atomic E-state index is 10.7. The van der Waals surface area contributed by atoms with Crippen LogP contribution in [0.4, 0.5) is 0 Å². The van der Waals surface area contributed by atoms with E-state index in [9.17, 15) is 9.90 Å². The van der Waals surface area contributed by atoms with E-state index >= 15 is 0 Å². The molecule has 0 aromatic carbocycles. The maximum atomic E-state index is 10.7. The Morgan fingerprint density at radius 1 is 1.67 bits per heavy atom. The average Bonchev–Trinajstić information content (AvgIpc) is 2.04. The number of hydrogen-bond acceptors (Lipinski definition) is 2. The molecule has 0 spiro atoms. The predicted molar refractivity (Wildman–Crippen MR) is 43.1 cm³/mol. The molecule has 0 saturated heterocycles. The number of rotatable bonds is 1. The second-order valence-corrected chi connectivity index (χ2v) is 4.49. The highest BCUT2D eigenvalue weighted by Gasteiger charge is 2.51. The van der Waals surface area contributed by atoms with Crippen LogP contribution >= 0.6 is 0 Å². The Balaban J connectivity index is 2.30.